The summed E-state index contributed by atoms with van der Waals surface area (Å²) in [7, 11) is 0. The minimum absolute atomic E-state index is 0.266. The van der Waals surface area contributed by atoms with Gasteiger partial charge in [0.15, 0.2) is 0 Å². The van der Waals surface area contributed by atoms with Gasteiger partial charge in [0.2, 0.25) is 0 Å². The van der Waals surface area contributed by atoms with E-state index in [9.17, 15) is 4.79 Å². The van der Waals surface area contributed by atoms with E-state index in [4.69, 9.17) is 9.47 Å². The molecule has 3 nitrogen and oxygen atoms in total. The van der Waals surface area contributed by atoms with Gasteiger partial charge in [0.1, 0.15) is 12.4 Å². The molecule has 1 aromatic rings. The molecule has 0 spiro atoms. The zero-order valence-corrected chi connectivity index (χ0v) is 12.3. The van der Waals surface area contributed by atoms with Crippen molar-refractivity contribution in [3.05, 3.63) is 27.3 Å². The number of ether oxygens (including phenoxy) is 2. The highest BCUT2D eigenvalue weighted by Gasteiger charge is 2.04. The molecule has 17 heavy (non-hydrogen) atoms. The second-order valence-corrected chi connectivity index (χ2v) is 4.90. The van der Waals surface area contributed by atoms with Crippen molar-refractivity contribution in [3.63, 3.8) is 0 Å². The monoisotopic (exact) mass is 348 g/mol. The topological polar surface area (TPSA) is 35.5 Å². The van der Waals surface area contributed by atoms with Gasteiger partial charge in [0.25, 0.3) is 0 Å². The largest absolute Gasteiger partial charge is 0.494 e. The Balaban J connectivity index is 2.62. The van der Waals surface area contributed by atoms with E-state index in [1.807, 2.05) is 18.2 Å². The molecule has 0 amide bonds. The standard InChI is InChI=1S/C13H17IO3/c1-3-4-7-16-12-5-6-13(14)11(8-12)9-17-10(2)15/h5-6,8H,3-4,7,9H2,1-2H3. The minimum atomic E-state index is -0.266. The Morgan fingerprint density at radius 1 is 1.41 bits per heavy atom. The summed E-state index contributed by atoms with van der Waals surface area (Å²) in [5.74, 6) is 0.569. The molecule has 94 valence electrons. The zero-order valence-electron chi connectivity index (χ0n) is 10.2. The first-order valence-electron chi connectivity index (χ1n) is 5.68. The molecule has 0 saturated carbocycles. The van der Waals surface area contributed by atoms with Crippen LogP contribution in [0.15, 0.2) is 18.2 Å². The SMILES string of the molecule is CCCCOc1ccc(I)c(COC(C)=O)c1. The van der Waals surface area contributed by atoms with E-state index in [2.05, 4.69) is 29.5 Å². The molecule has 0 aliphatic heterocycles. The van der Waals surface area contributed by atoms with Crippen molar-refractivity contribution in [3.8, 4) is 5.75 Å². The lowest BCUT2D eigenvalue weighted by Gasteiger charge is -2.09. The van der Waals surface area contributed by atoms with Gasteiger partial charge in [-0.05, 0) is 47.2 Å². The lowest BCUT2D eigenvalue weighted by Crippen LogP contribution is -2.02. The van der Waals surface area contributed by atoms with Crippen molar-refractivity contribution in [2.45, 2.75) is 33.3 Å². The Labute approximate surface area is 116 Å². The predicted octanol–water partition coefficient (Wildman–Crippen LogP) is 3.53. The number of hydrogen-bond acceptors (Lipinski definition) is 3. The lowest BCUT2D eigenvalue weighted by molar-refractivity contribution is -0.142. The minimum Gasteiger partial charge on any atom is -0.494 e. The fraction of sp³-hybridized carbons (Fsp3) is 0.462. The number of halogens is 1. The number of rotatable bonds is 6. The number of benzene rings is 1. The summed E-state index contributed by atoms with van der Waals surface area (Å²) in [4.78, 5) is 10.8. The second-order valence-electron chi connectivity index (χ2n) is 3.74. The summed E-state index contributed by atoms with van der Waals surface area (Å²) in [6, 6.07) is 5.84. The normalized spacial score (nSPS) is 10.1. The van der Waals surface area contributed by atoms with Crippen molar-refractivity contribution < 1.29 is 14.3 Å². The van der Waals surface area contributed by atoms with Crippen molar-refractivity contribution >= 4 is 28.6 Å². The third-order valence-electron chi connectivity index (χ3n) is 2.21. The molecule has 0 atom stereocenters. The molecule has 0 radical (unpaired) electrons. The molecule has 1 rings (SSSR count). The van der Waals surface area contributed by atoms with Crippen LogP contribution in [0.2, 0.25) is 0 Å². The summed E-state index contributed by atoms with van der Waals surface area (Å²) in [6.45, 7) is 4.57. The third kappa shape index (κ3) is 5.39. The Kier molecular flexibility index (Phi) is 6.32. The molecular formula is C13H17IO3. The van der Waals surface area contributed by atoms with Crippen LogP contribution in [0.3, 0.4) is 0 Å². The van der Waals surface area contributed by atoms with Gasteiger partial charge in [0.05, 0.1) is 6.61 Å². The van der Waals surface area contributed by atoms with Crippen LogP contribution >= 0.6 is 22.6 Å². The maximum atomic E-state index is 10.8. The molecule has 4 heteroatoms. The first-order valence-corrected chi connectivity index (χ1v) is 6.76. The Hall–Kier alpha value is -0.780. The fourth-order valence-electron chi connectivity index (χ4n) is 1.27. The molecule has 0 N–H and O–H groups in total. The second kappa shape index (κ2) is 7.53. The van der Waals surface area contributed by atoms with Crippen LogP contribution in [-0.2, 0) is 16.1 Å². The molecule has 0 aromatic heterocycles. The number of esters is 1. The third-order valence-corrected chi connectivity index (χ3v) is 3.27. The van der Waals surface area contributed by atoms with Crippen LogP contribution in [0.5, 0.6) is 5.75 Å². The van der Waals surface area contributed by atoms with Crippen LogP contribution in [-0.4, -0.2) is 12.6 Å². The van der Waals surface area contributed by atoms with Gasteiger partial charge < -0.3 is 9.47 Å². The zero-order chi connectivity index (χ0) is 12.7. The van der Waals surface area contributed by atoms with Crippen LogP contribution in [0.1, 0.15) is 32.3 Å². The highest BCUT2D eigenvalue weighted by Crippen LogP contribution is 2.20. The maximum absolute atomic E-state index is 10.8. The molecular weight excluding hydrogens is 331 g/mol. The van der Waals surface area contributed by atoms with Crippen molar-refractivity contribution in [1.82, 2.24) is 0 Å². The molecule has 0 aliphatic carbocycles. The average Bonchev–Trinajstić information content (AvgIpc) is 2.29. The van der Waals surface area contributed by atoms with E-state index in [0.717, 1.165) is 34.3 Å². The van der Waals surface area contributed by atoms with E-state index in [1.165, 1.54) is 6.92 Å². The molecule has 1 aromatic carbocycles. The average molecular weight is 348 g/mol. The molecule has 0 saturated heterocycles. The van der Waals surface area contributed by atoms with Gasteiger partial charge in [-0.1, -0.05) is 13.3 Å². The number of unbranched alkanes of at least 4 members (excludes halogenated alkanes) is 1. The van der Waals surface area contributed by atoms with Crippen LogP contribution in [0, 0.1) is 3.57 Å². The fourth-order valence-corrected chi connectivity index (χ4v) is 1.76. The summed E-state index contributed by atoms with van der Waals surface area (Å²) in [6.07, 6.45) is 2.16. The highest BCUT2D eigenvalue weighted by molar-refractivity contribution is 14.1. The molecule has 0 bridgehead atoms. The van der Waals surface area contributed by atoms with Gasteiger partial charge in [-0.3, -0.25) is 4.79 Å². The van der Waals surface area contributed by atoms with Gasteiger partial charge in [-0.15, -0.1) is 0 Å². The lowest BCUT2D eigenvalue weighted by atomic mass is 10.2. The first-order chi connectivity index (χ1) is 8.13. The van der Waals surface area contributed by atoms with Crippen molar-refractivity contribution in [2.75, 3.05) is 6.61 Å². The number of carbonyl (C=O) groups excluding carboxylic acids is 1. The number of hydrogen-bond donors (Lipinski definition) is 0. The molecule has 0 heterocycles. The van der Waals surface area contributed by atoms with E-state index >= 15 is 0 Å². The van der Waals surface area contributed by atoms with Crippen LogP contribution in [0.4, 0.5) is 0 Å². The summed E-state index contributed by atoms with van der Waals surface area (Å²) < 4.78 is 11.7. The van der Waals surface area contributed by atoms with E-state index in [-0.39, 0.29) is 5.97 Å². The smallest absolute Gasteiger partial charge is 0.302 e. The summed E-state index contributed by atoms with van der Waals surface area (Å²) in [5.41, 5.74) is 0.981. The van der Waals surface area contributed by atoms with E-state index < -0.39 is 0 Å². The molecule has 0 fully saturated rings. The summed E-state index contributed by atoms with van der Waals surface area (Å²) in [5, 5.41) is 0. The summed E-state index contributed by atoms with van der Waals surface area (Å²) >= 11 is 2.22. The van der Waals surface area contributed by atoms with E-state index in [0.29, 0.717) is 6.61 Å². The van der Waals surface area contributed by atoms with Gasteiger partial charge in [-0.25, -0.2) is 0 Å². The molecule has 0 unspecified atom stereocenters. The van der Waals surface area contributed by atoms with Crippen LogP contribution < -0.4 is 4.74 Å². The van der Waals surface area contributed by atoms with Crippen molar-refractivity contribution in [2.24, 2.45) is 0 Å². The Morgan fingerprint density at radius 2 is 2.18 bits per heavy atom. The first kappa shape index (κ1) is 14.3. The van der Waals surface area contributed by atoms with Gasteiger partial charge in [-0.2, -0.15) is 0 Å². The number of carbonyl (C=O) groups is 1. The van der Waals surface area contributed by atoms with Gasteiger partial charge in [0, 0.05) is 16.1 Å². The highest BCUT2D eigenvalue weighted by atomic mass is 127. The Bertz CT molecular complexity index is 377. The predicted molar refractivity (Wildman–Crippen MR) is 75.0 cm³/mol. The Morgan fingerprint density at radius 3 is 2.82 bits per heavy atom. The maximum Gasteiger partial charge on any atom is 0.302 e. The van der Waals surface area contributed by atoms with Crippen molar-refractivity contribution in [1.29, 1.82) is 0 Å². The quantitative estimate of drug-likeness (QED) is 0.448. The van der Waals surface area contributed by atoms with Gasteiger partial charge >= 0.3 is 5.97 Å². The molecule has 0 aliphatic rings. The van der Waals surface area contributed by atoms with E-state index in [1.54, 1.807) is 0 Å². The van der Waals surface area contributed by atoms with Crippen LogP contribution in [0.25, 0.3) is 0 Å².